The monoisotopic (exact) mass is 741 g/mol. The number of alkyl carbamates (subject to hydrolysis) is 1. The zero-order chi connectivity index (χ0) is 38.4. The maximum absolute atomic E-state index is 12.3. The van der Waals surface area contributed by atoms with Crippen molar-refractivity contribution in [3.8, 4) is 0 Å². The summed E-state index contributed by atoms with van der Waals surface area (Å²) >= 11 is 0. The van der Waals surface area contributed by atoms with Gasteiger partial charge < -0.3 is 34.0 Å². The molecule has 0 saturated carbocycles. The number of rotatable bonds is 39. The molecule has 0 atom stereocenters. The van der Waals surface area contributed by atoms with Crippen molar-refractivity contribution in [1.29, 1.82) is 0 Å². The number of esters is 1. The minimum absolute atomic E-state index is 0.0253. The number of aldehydes is 1. The Balaban J connectivity index is 4.16. The first-order valence-electron chi connectivity index (χ1n) is 21.7. The summed E-state index contributed by atoms with van der Waals surface area (Å²) in [5.41, 5.74) is -0.509. The number of carbonyl (C=O) groups is 3. The van der Waals surface area contributed by atoms with Crippen LogP contribution in [0.5, 0.6) is 0 Å². The van der Waals surface area contributed by atoms with Gasteiger partial charge in [-0.3, -0.25) is 4.79 Å². The number of carbonyl (C=O) groups excluding carboxylic acids is 3. The summed E-state index contributed by atoms with van der Waals surface area (Å²) in [4.78, 5) is 37.1. The summed E-state index contributed by atoms with van der Waals surface area (Å²) in [6.45, 7) is 16.2. The smallest absolute Gasteiger partial charge is 0.407 e. The van der Waals surface area contributed by atoms with Gasteiger partial charge in [0.25, 0.3) is 0 Å². The number of hydrogen-bond acceptors (Lipinski definition) is 8. The number of nitrogens with one attached hydrogen (secondary N) is 1. The van der Waals surface area contributed by atoms with Crippen LogP contribution >= 0.6 is 0 Å². The molecule has 0 aliphatic heterocycles. The van der Waals surface area contributed by atoms with Crippen molar-refractivity contribution >= 4 is 18.3 Å². The molecule has 0 aliphatic rings. The van der Waals surface area contributed by atoms with E-state index in [4.69, 9.17) is 18.9 Å². The van der Waals surface area contributed by atoms with Gasteiger partial charge in [-0.05, 0) is 78.3 Å². The van der Waals surface area contributed by atoms with Crippen LogP contribution in [-0.4, -0.2) is 88.1 Å². The molecule has 0 spiro atoms. The normalized spacial score (nSPS) is 11.8. The second-order valence-corrected chi connectivity index (χ2v) is 15.7. The van der Waals surface area contributed by atoms with Crippen LogP contribution in [-0.2, 0) is 28.5 Å². The highest BCUT2D eigenvalue weighted by molar-refractivity contribution is 5.69. The van der Waals surface area contributed by atoms with Crippen LogP contribution in [0.25, 0.3) is 0 Å². The Hall–Kier alpha value is -1.71. The highest BCUT2D eigenvalue weighted by Gasteiger charge is 2.15. The predicted molar refractivity (Wildman–Crippen MR) is 215 cm³/mol. The van der Waals surface area contributed by atoms with Gasteiger partial charge in [-0.1, -0.05) is 117 Å². The molecule has 0 rings (SSSR count). The lowest BCUT2D eigenvalue weighted by atomic mass is 9.91. The van der Waals surface area contributed by atoms with Crippen molar-refractivity contribution in [1.82, 2.24) is 10.2 Å². The zero-order valence-electron chi connectivity index (χ0n) is 34.8. The van der Waals surface area contributed by atoms with Gasteiger partial charge in [0.15, 0.2) is 0 Å². The van der Waals surface area contributed by atoms with E-state index in [0.29, 0.717) is 52.4 Å². The average Bonchev–Trinajstić information content (AvgIpc) is 3.10. The SMILES string of the molecule is CCCCCCC(CCCCCC)CCCOC(=O)CCCCCCCN(CCCCCCCC=O)CCOCCOCCNC(=O)OC(C)(C)C. The molecule has 9 nitrogen and oxygen atoms in total. The van der Waals surface area contributed by atoms with Crippen LogP contribution in [0.4, 0.5) is 4.79 Å². The molecule has 0 aliphatic carbocycles. The predicted octanol–water partition coefficient (Wildman–Crippen LogP) is 10.6. The fourth-order valence-electron chi connectivity index (χ4n) is 6.40. The summed E-state index contributed by atoms with van der Waals surface area (Å²) in [6.07, 6.45) is 28.4. The second kappa shape index (κ2) is 37.6. The maximum atomic E-state index is 12.3. The van der Waals surface area contributed by atoms with Crippen LogP contribution < -0.4 is 5.32 Å². The van der Waals surface area contributed by atoms with E-state index in [2.05, 4.69) is 24.1 Å². The third kappa shape index (κ3) is 38.0. The van der Waals surface area contributed by atoms with Gasteiger partial charge in [0.05, 0.1) is 33.0 Å². The molecule has 1 N–H and O–H groups in total. The Morgan fingerprint density at radius 3 is 1.75 bits per heavy atom. The lowest BCUT2D eigenvalue weighted by molar-refractivity contribution is -0.144. The van der Waals surface area contributed by atoms with Gasteiger partial charge in [0, 0.05) is 25.9 Å². The molecule has 1 amide bonds. The minimum atomic E-state index is -0.509. The molecule has 52 heavy (non-hydrogen) atoms. The zero-order valence-corrected chi connectivity index (χ0v) is 34.8. The van der Waals surface area contributed by atoms with Gasteiger partial charge in [-0.2, -0.15) is 0 Å². The summed E-state index contributed by atoms with van der Waals surface area (Å²) < 4.78 is 22.3. The Bertz CT molecular complexity index is 793. The number of nitrogens with zero attached hydrogens (tertiary/aromatic N) is 1. The maximum Gasteiger partial charge on any atom is 0.407 e. The second-order valence-electron chi connectivity index (χ2n) is 15.7. The first-order valence-corrected chi connectivity index (χ1v) is 21.7. The number of unbranched alkanes of at least 4 members (excludes halogenated alkanes) is 15. The molecule has 0 heterocycles. The Morgan fingerprint density at radius 2 is 1.15 bits per heavy atom. The van der Waals surface area contributed by atoms with E-state index >= 15 is 0 Å². The van der Waals surface area contributed by atoms with E-state index in [0.717, 1.165) is 83.2 Å². The van der Waals surface area contributed by atoms with Gasteiger partial charge in [0.1, 0.15) is 11.9 Å². The molecule has 9 heteroatoms. The van der Waals surface area contributed by atoms with Crippen LogP contribution in [0.1, 0.15) is 189 Å². The van der Waals surface area contributed by atoms with E-state index in [9.17, 15) is 14.4 Å². The summed E-state index contributed by atoms with van der Waals surface area (Å²) in [5.74, 6) is 0.768. The molecule has 308 valence electrons. The van der Waals surface area contributed by atoms with Crippen LogP contribution in [0.3, 0.4) is 0 Å². The van der Waals surface area contributed by atoms with Crippen LogP contribution in [0, 0.1) is 5.92 Å². The average molecular weight is 741 g/mol. The quantitative estimate of drug-likeness (QED) is 0.0377. The highest BCUT2D eigenvalue weighted by atomic mass is 16.6. The number of amides is 1. The van der Waals surface area contributed by atoms with E-state index in [1.54, 1.807) is 0 Å². The summed E-state index contributed by atoms with van der Waals surface area (Å²) in [7, 11) is 0. The van der Waals surface area contributed by atoms with Crippen molar-refractivity contribution in [2.24, 2.45) is 5.92 Å². The highest BCUT2D eigenvalue weighted by Crippen LogP contribution is 2.23. The summed E-state index contributed by atoms with van der Waals surface area (Å²) in [6, 6.07) is 0. The van der Waals surface area contributed by atoms with Crippen LogP contribution in [0.2, 0.25) is 0 Å². The van der Waals surface area contributed by atoms with Crippen molar-refractivity contribution in [2.45, 2.75) is 194 Å². The molecule has 0 saturated heterocycles. The van der Waals surface area contributed by atoms with E-state index in [1.807, 2.05) is 20.8 Å². The van der Waals surface area contributed by atoms with E-state index in [-0.39, 0.29) is 5.97 Å². The largest absolute Gasteiger partial charge is 0.466 e. The third-order valence-electron chi connectivity index (χ3n) is 9.44. The van der Waals surface area contributed by atoms with Gasteiger partial charge in [-0.15, -0.1) is 0 Å². The lowest BCUT2D eigenvalue weighted by Gasteiger charge is -2.22. The van der Waals surface area contributed by atoms with Crippen molar-refractivity contribution in [3.05, 3.63) is 0 Å². The van der Waals surface area contributed by atoms with Crippen LogP contribution in [0.15, 0.2) is 0 Å². The molecule has 0 aromatic carbocycles. The molecule has 0 fully saturated rings. The standard InChI is InChI=1S/C43H84N2O7/c1-6-8-10-19-26-40(27-20-11-9-7-2)28-25-35-51-41(47)29-21-15-14-17-23-32-45(31-22-16-12-13-18-24-34-46)33-37-50-39-38-49-36-30-44-42(48)52-43(3,4)5/h34,40H,6-33,35-39H2,1-5H3,(H,44,48). The molecule has 0 aromatic rings. The molecular weight excluding hydrogens is 656 g/mol. The lowest BCUT2D eigenvalue weighted by Crippen LogP contribution is -2.34. The molecule has 0 aromatic heterocycles. The Kier molecular flexibility index (Phi) is 36.4. The van der Waals surface area contributed by atoms with Crippen molar-refractivity contribution in [3.63, 3.8) is 0 Å². The molecule has 0 radical (unpaired) electrons. The van der Waals surface area contributed by atoms with Crippen molar-refractivity contribution in [2.75, 3.05) is 59.2 Å². The molecule has 0 unspecified atom stereocenters. The van der Waals surface area contributed by atoms with Gasteiger partial charge in [0.2, 0.25) is 0 Å². The number of ether oxygens (including phenoxy) is 4. The first-order chi connectivity index (χ1) is 25.2. The van der Waals surface area contributed by atoms with Gasteiger partial charge in [-0.25, -0.2) is 4.79 Å². The fraction of sp³-hybridized carbons (Fsp3) is 0.930. The molecular formula is C43H84N2O7. The first kappa shape index (κ1) is 50.3. The Labute approximate surface area is 320 Å². The third-order valence-corrected chi connectivity index (χ3v) is 9.44. The minimum Gasteiger partial charge on any atom is -0.466 e. The Morgan fingerprint density at radius 1 is 0.615 bits per heavy atom. The fourth-order valence-corrected chi connectivity index (χ4v) is 6.40. The number of hydrogen-bond donors (Lipinski definition) is 1. The van der Waals surface area contributed by atoms with E-state index in [1.165, 1.54) is 89.9 Å². The summed E-state index contributed by atoms with van der Waals surface area (Å²) in [5, 5.41) is 2.69. The molecule has 0 bridgehead atoms. The van der Waals surface area contributed by atoms with Gasteiger partial charge >= 0.3 is 12.1 Å². The van der Waals surface area contributed by atoms with E-state index < -0.39 is 11.7 Å². The van der Waals surface area contributed by atoms with Crippen molar-refractivity contribution < 1.29 is 33.3 Å². The topological polar surface area (TPSA) is 103 Å².